The standard InChI is InChI=1S/C25H23N3O5/c1-32-21-13-7-8-14-22(21)33-16-24(30)28-19-12-6-5-11-18(19)27-25(31)20(28)15-23(29)26-17-9-3-2-4-10-17/h2-14,20H,15-16H2,1H3,(H,26,29)(H,27,31)/t20-/m0/s1. The molecular formula is C25H23N3O5. The summed E-state index contributed by atoms with van der Waals surface area (Å²) in [5.74, 6) is -0.394. The number of carbonyl (C=O) groups excluding carboxylic acids is 3. The molecule has 0 spiro atoms. The predicted octanol–water partition coefficient (Wildman–Crippen LogP) is 3.46. The van der Waals surface area contributed by atoms with Gasteiger partial charge in [-0.2, -0.15) is 0 Å². The summed E-state index contributed by atoms with van der Waals surface area (Å²) in [5.41, 5.74) is 1.60. The van der Waals surface area contributed by atoms with Gasteiger partial charge in [-0.15, -0.1) is 0 Å². The van der Waals surface area contributed by atoms with Crippen molar-refractivity contribution in [3.8, 4) is 11.5 Å². The SMILES string of the molecule is COc1ccccc1OCC(=O)N1c2ccccc2NC(=O)[C@@H]1CC(=O)Nc1ccccc1. The van der Waals surface area contributed by atoms with Crippen molar-refractivity contribution in [1.29, 1.82) is 0 Å². The highest BCUT2D eigenvalue weighted by atomic mass is 16.5. The Balaban J connectivity index is 1.56. The fourth-order valence-electron chi connectivity index (χ4n) is 3.64. The summed E-state index contributed by atoms with van der Waals surface area (Å²) >= 11 is 0. The molecule has 1 aliphatic rings. The van der Waals surface area contributed by atoms with Gasteiger partial charge in [-0.25, -0.2) is 0 Å². The molecule has 3 aromatic carbocycles. The zero-order chi connectivity index (χ0) is 23.2. The number of amides is 3. The monoisotopic (exact) mass is 445 g/mol. The summed E-state index contributed by atoms with van der Waals surface area (Å²) in [6, 6.07) is 21.8. The van der Waals surface area contributed by atoms with E-state index in [1.807, 2.05) is 6.07 Å². The highest BCUT2D eigenvalue weighted by molar-refractivity contribution is 6.14. The molecule has 0 saturated heterocycles. The summed E-state index contributed by atoms with van der Waals surface area (Å²) < 4.78 is 11.0. The van der Waals surface area contributed by atoms with Crippen LogP contribution in [0.5, 0.6) is 11.5 Å². The Morgan fingerprint density at radius 2 is 1.61 bits per heavy atom. The number of anilines is 3. The molecule has 2 N–H and O–H groups in total. The molecule has 1 heterocycles. The Morgan fingerprint density at radius 3 is 2.36 bits per heavy atom. The molecule has 0 fully saturated rings. The molecule has 4 rings (SSSR count). The van der Waals surface area contributed by atoms with E-state index in [9.17, 15) is 14.4 Å². The van der Waals surface area contributed by atoms with Crippen LogP contribution in [0, 0.1) is 0 Å². The number of para-hydroxylation sites is 5. The second-order valence-corrected chi connectivity index (χ2v) is 7.34. The molecule has 33 heavy (non-hydrogen) atoms. The zero-order valence-corrected chi connectivity index (χ0v) is 18.0. The third kappa shape index (κ3) is 4.95. The average molecular weight is 445 g/mol. The van der Waals surface area contributed by atoms with E-state index in [0.29, 0.717) is 28.6 Å². The predicted molar refractivity (Wildman–Crippen MR) is 125 cm³/mol. The fraction of sp³-hybridized carbons (Fsp3) is 0.160. The lowest BCUT2D eigenvalue weighted by molar-refractivity contribution is -0.127. The molecule has 0 unspecified atom stereocenters. The first kappa shape index (κ1) is 21.9. The number of fused-ring (bicyclic) bond motifs is 1. The molecule has 8 nitrogen and oxygen atoms in total. The van der Waals surface area contributed by atoms with Crippen molar-refractivity contribution in [3.63, 3.8) is 0 Å². The van der Waals surface area contributed by atoms with Crippen LogP contribution in [-0.2, 0) is 14.4 Å². The summed E-state index contributed by atoms with van der Waals surface area (Å²) in [4.78, 5) is 40.2. The third-order valence-corrected chi connectivity index (χ3v) is 5.16. The molecule has 1 atom stereocenters. The van der Waals surface area contributed by atoms with E-state index in [1.54, 1.807) is 72.8 Å². The van der Waals surface area contributed by atoms with Crippen molar-refractivity contribution in [3.05, 3.63) is 78.9 Å². The summed E-state index contributed by atoms with van der Waals surface area (Å²) in [6.07, 6.45) is -0.213. The third-order valence-electron chi connectivity index (χ3n) is 5.16. The van der Waals surface area contributed by atoms with E-state index in [1.165, 1.54) is 12.0 Å². The first-order valence-electron chi connectivity index (χ1n) is 10.4. The number of hydrogen-bond donors (Lipinski definition) is 2. The molecule has 8 heteroatoms. The molecular weight excluding hydrogens is 422 g/mol. The van der Waals surface area contributed by atoms with Crippen LogP contribution < -0.4 is 25.0 Å². The van der Waals surface area contributed by atoms with Gasteiger partial charge in [0.05, 0.1) is 24.9 Å². The van der Waals surface area contributed by atoms with Crippen LogP contribution in [0.1, 0.15) is 6.42 Å². The largest absolute Gasteiger partial charge is 0.493 e. The molecule has 0 saturated carbocycles. The number of carbonyl (C=O) groups is 3. The van der Waals surface area contributed by atoms with Crippen LogP contribution in [0.2, 0.25) is 0 Å². The normalized spacial score (nSPS) is 14.6. The number of methoxy groups -OCH3 is 1. The highest BCUT2D eigenvalue weighted by Crippen LogP contribution is 2.33. The lowest BCUT2D eigenvalue weighted by Crippen LogP contribution is -2.53. The number of nitrogens with one attached hydrogen (secondary N) is 2. The number of benzene rings is 3. The number of ether oxygens (including phenoxy) is 2. The summed E-state index contributed by atoms with van der Waals surface area (Å²) in [6.45, 7) is -0.335. The van der Waals surface area contributed by atoms with Crippen molar-refractivity contribution in [2.75, 3.05) is 29.3 Å². The quantitative estimate of drug-likeness (QED) is 0.581. The highest BCUT2D eigenvalue weighted by Gasteiger charge is 2.38. The Labute approximate surface area is 191 Å². The van der Waals surface area contributed by atoms with Gasteiger partial charge in [-0.3, -0.25) is 19.3 Å². The smallest absolute Gasteiger partial charge is 0.265 e. The van der Waals surface area contributed by atoms with E-state index in [2.05, 4.69) is 10.6 Å². The van der Waals surface area contributed by atoms with Gasteiger partial charge in [0.1, 0.15) is 6.04 Å². The van der Waals surface area contributed by atoms with Gasteiger partial charge in [0.25, 0.3) is 5.91 Å². The second-order valence-electron chi connectivity index (χ2n) is 7.34. The van der Waals surface area contributed by atoms with Crippen molar-refractivity contribution in [2.24, 2.45) is 0 Å². The van der Waals surface area contributed by atoms with Crippen molar-refractivity contribution in [1.82, 2.24) is 0 Å². The molecule has 1 aliphatic heterocycles. The lowest BCUT2D eigenvalue weighted by Gasteiger charge is -2.36. The van der Waals surface area contributed by atoms with E-state index >= 15 is 0 Å². The minimum absolute atomic E-state index is 0.213. The van der Waals surface area contributed by atoms with Gasteiger partial charge in [0.15, 0.2) is 18.1 Å². The fourth-order valence-corrected chi connectivity index (χ4v) is 3.64. The molecule has 3 aromatic rings. The van der Waals surface area contributed by atoms with Gasteiger partial charge in [-0.1, -0.05) is 42.5 Å². The summed E-state index contributed by atoms with van der Waals surface area (Å²) in [5, 5.41) is 5.54. The van der Waals surface area contributed by atoms with Gasteiger partial charge in [0, 0.05) is 5.69 Å². The first-order valence-corrected chi connectivity index (χ1v) is 10.4. The Kier molecular flexibility index (Phi) is 6.54. The van der Waals surface area contributed by atoms with E-state index < -0.39 is 17.9 Å². The van der Waals surface area contributed by atoms with Crippen LogP contribution in [0.15, 0.2) is 78.9 Å². The Bertz CT molecular complexity index is 1170. The first-order chi connectivity index (χ1) is 16.1. The zero-order valence-electron chi connectivity index (χ0n) is 18.0. The maximum atomic E-state index is 13.3. The van der Waals surface area contributed by atoms with Crippen LogP contribution in [0.3, 0.4) is 0 Å². The molecule has 3 amide bonds. The van der Waals surface area contributed by atoms with Crippen molar-refractivity contribution >= 4 is 34.8 Å². The molecule has 168 valence electrons. The minimum Gasteiger partial charge on any atom is -0.493 e. The Hall–Kier alpha value is -4.33. The van der Waals surface area contributed by atoms with Gasteiger partial charge in [-0.05, 0) is 36.4 Å². The van der Waals surface area contributed by atoms with Crippen LogP contribution >= 0.6 is 0 Å². The lowest BCUT2D eigenvalue weighted by atomic mass is 10.0. The number of hydrogen-bond acceptors (Lipinski definition) is 5. The minimum atomic E-state index is -1.03. The van der Waals surface area contributed by atoms with Gasteiger partial charge < -0.3 is 20.1 Å². The second kappa shape index (κ2) is 9.86. The summed E-state index contributed by atoms with van der Waals surface area (Å²) in [7, 11) is 1.51. The van der Waals surface area contributed by atoms with Crippen LogP contribution in [0.4, 0.5) is 17.1 Å². The maximum absolute atomic E-state index is 13.3. The molecule has 0 bridgehead atoms. The van der Waals surface area contributed by atoms with Gasteiger partial charge in [0.2, 0.25) is 11.8 Å². The van der Waals surface area contributed by atoms with Crippen molar-refractivity contribution < 1.29 is 23.9 Å². The van der Waals surface area contributed by atoms with E-state index in [-0.39, 0.29) is 18.9 Å². The Morgan fingerprint density at radius 1 is 0.939 bits per heavy atom. The number of rotatable bonds is 7. The van der Waals surface area contributed by atoms with Crippen LogP contribution in [0.25, 0.3) is 0 Å². The molecule has 0 aliphatic carbocycles. The average Bonchev–Trinajstić information content (AvgIpc) is 2.83. The molecule has 0 aromatic heterocycles. The maximum Gasteiger partial charge on any atom is 0.265 e. The van der Waals surface area contributed by atoms with E-state index in [0.717, 1.165) is 0 Å². The van der Waals surface area contributed by atoms with Crippen LogP contribution in [-0.4, -0.2) is 37.5 Å². The van der Waals surface area contributed by atoms with Crippen molar-refractivity contribution in [2.45, 2.75) is 12.5 Å². The molecule has 0 radical (unpaired) electrons. The number of nitrogens with zero attached hydrogens (tertiary/aromatic N) is 1. The van der Waals surface area contributed by atoms with E-state index in [4.69, 9.17) is 9.47 Å². The topological polar surface area (TPSA) is 97.0 Å². The van der Waals surface area contributed by atoms with Gasteiger partial charge >= 0.3 is 0 Å².